The van der Waals surface area contributed by atoms with E-state index in [2.05, 4.69) is 21.8 Å². The number of nitrogens with two attached hydrogens (primary N) is 1. The molecule has 4 aliphatic rings. The maximum atomic E-state index is 15.1. The Kier molecular flexibility index (Phi) is 19.8. The Balaban J connectivity index is 0.752. The van der Waals surface area contributed by atoms with Gasteiger partial charge in [0.1, 0.15) is 41.6 Å². The SMILES string of the molecule is C=C1/C=C(F)\C=C/CC(=O)N(C)Cc2nn(CCNC(=O)CCOCCOCCN3CCN(C(=O)N4C(c5ccc(OC)cc5OC(C)C)=N[C@@H](c5ccc(Cl)cc5)[C@H]4c4ccc(Cl)cc4)CC3=O)cc2-c2cnc(N)c(c2)N2CCC[C@H]12. The summed E-state index contributed by atoms with van der Waals surface area (Å²) in [5.74, 6) is 0.655. The number of carbonyl (C=O) groups is 4. The summed E-state index contributed by atoms with van der Waals surface area (Å²) in [5, 5.41) is 8.86. The number of fused-ring (bicyclic) bond motifs is 6. The summed E-state index contributed by atoms with van der Waals surface area (Å²) in [6.07, 6.45) is 9.33. The average Bonchev–Trinajstić information content (AvgIpc) is 3.67. The first-order chi connectivity index (χ1) is 40.0. The van der Waals surface area contributed by atoms with Crippen LogP contribution in [0.5, 0.6) is 11.5 Å². The van der Waals surface area contributed by atoms with Gasteiger partial charge in [0.25, 0.3) is 0 Å². The maximum absolute atomic E-state index is 15.1. The van der Waals surface area contributed by atoms with Crippen LogP contribution in [0, 0.1) is 0 Å². The summed E-state index contributed by atoms with van der Waals surface area (Å²) in [6.45, 7) is 11.1. The number of pyridine rings is 1. The minimum Gasteiger partial charge on any atom is -0.497 e. The molecule has 0 unspecified atom stereocenters. The highest BCUT2D eigenvalue weighted by atomic mass is 35.5. The van der Waals surface area contributed by atoms with E-state index >= 15 is 4.79 Å². The molecule has 0 spiro atoms. The minimum atomic E-state index is -0.632. The minimum absolute atomic E-state index is 0.00305. The fourth-order valence-electron chi connectivity index (χ4n) is 10.6. The number of rotatable bonds is 18. The van der Waals surface area contributed by atoms with Crippen molar-refractivity contribution in [3.8, 4) is 22.6 Å². The van der Waals surface area contributed by atoms with E-state index in [4.69, 9.17) is 58.0 Å². The second kappa shape index (κ2) is 27.5. The van der Waals surface area contributed by atoms with Crippen molar-refractivity contribution in [1.82, 2.24) is 39.7 Å². The van der Waals surface area contributed by atoms with E-state index in [1.807, 2.05) is 56.4 Å². The van der Waals surface area contributed by atoms with Gasteiger partial charge in [0.15, 0.2) is 0 Å². The van der Waals surface area contributed by atoms with Crippen molar-refractivity contribution in [1.29, 1.82) is 0 Å². The topological polar surface area (TPSA) is 203 Å². The average molecular weight is 1180 g/mol. The second-order valence-corrected chi connectivity index (χ2v) is 21.8. The van der Waals surface area contributed by atoms with Crippen LogP contribution >= 0.6 is 23.2 Å². The Morgan fingerprint density at radius 3 is 2.35 bits per heavy atom. The number of hydrogen-bond donors (Lipinski definition) is 2. The van der Waals surface area contributed by atoms with Crippen LogP contribution in [0.15, 0.2) is 126 Å². The highest BCUT2D eigenvalue weighted by molar-refractivity contribution is 6.30. The molecular weight excluding hydrogens is 1100 g/mol. The summed E-state index contributed by atoms with van der Waals surface area (Å²) < 4.78 is 40.1. The third-order valence-electron chi connectivity index (χ3n) is 14.8. The third-order valence-corrected chi connectivity index (χ3v) is 15.3. The zero-order valence-electron chi connectivity index (χ0n) is 47.1. The molecule has 3 N–H and O–H groups in total. The Labute approximate surface area is 493 Å². The molecule has 0 radical (unpaired) electrons. The van der Waals surface area contributed by atoms with Crippen LogP contribution in [0.25, 0.3) is 11.1 Å². The van der Waals surface area contributed by atoms with Crippen LogP contribution in [0.2, 0.25) is 10.0 Å². The van der Waals surface area contributed by atoms with Gasteiger partial charge in [-0.3, -0.25) is 29.0 Å². The summed E-state index contributed by atoms with van der Waals surface area (Å²) in [6, 6.07) is 20.3. The number of aliphatic imine (C=N–C) groups is 1. The van der Waals surface area contributed by atoms with Crippen molar-refractivity contribution in [2.45, 2.75) is 76.8 Å². The zero-order valence-corrected chi connectivity index (χ0v) is 48.7. The molecule has 438 valence electrons. The highest BCUT2D eigenvalue weighted by Gasteiger charge is 2.46. The van der Waals surface area contributed by atoms with E-state index in [0.29, 0.717) is 75.3 Å². The zero-order chi connectivity index (χ0) is 58.7. The maximum Gasteiger partial charge on any atom is 0.326 e. The number of methoxy groups -OCH3 is 1. The van der Waals surface area contributed by atoms with Gasteiger partial charge in [-0.2, -0.15) is 5.10 Å². The first kappa shape index (κ1) is 59.8. The molecule has 83 heavy (non-hydrogen) atoms. The quantitative estimate of drug-likeness (QED) is 0.0790. The van der Waals surface area contributed by atoms with Crippen LogP contribution < -0.4 is 25.4 Å². The first-order valence-corrected chi connectivity index (χ1v) is 28.6. The lowest BCUT2D eigenvalue weighted by Gasteiger charge is -2.38. The number of amides is 5. The van der Waals surface area contributed by atoms with Crippen molar-refractivity contribution in [3.05, 3.63) is 154 Å². The molecule has 3 aromatic carbocycles. The van der Waals surface area contributed by atoms with Gasteiger partial charge in [-0.25, -0.2) is 14.2 Å². The summed E-state index contributed by atoms with van der Waals surface area (Å²) in [4.78, 5) is 73.3. The van der Waals surface area contributed by atoms with Gasteiger partial charge in [-0.1, -0.05) is 60.1 Å². The fraction of sp³-hybridized carbons (Fsp3) is 0.393. The number of carbonyl (C=O) groups excluding carboxylic acids is 4. The molecule has 5 aromatic rings. The number of piperazine rings is 1. The van der Waals surface area contributed by atoms with Crippen molar-refractivity contribution in [2.75, 3.05) is 90.5 Å². The molecular formula is C61H70Cl2FN11O8. The van der Waals surface area contributed by atoms with E-state index in [1.54, 1.807) is 76.1 Å². The fourth-order valence-corrected chi connectivity index (χ4v) is 10.9. The Bertz CT molecular complexity index is 3260. The molecule has 4 aliphatic heterocycles. The van der Waals surface area contributed by atoms with Crippen LogP contribution in [0.3, 0.4) is 0 Å². The lowest BCUT2D eigenvalue weighted by atomic mass is 9.93. The number of halogens is 3. The van der Waals surface area contributed by atoms with Crippen molar-refractivity contribution < 1.29 is 42.5 Å². The number of aromatic nitrogens is 3. The Morgan fingerprint density at radius 2 is 1.63 bits per heavy atom. The highest BCUT2D eigenvalue weighted by Crippen LogP contribution is 2.46. The van der Waals surface area contributed by atoms with Gasteiger partial charge in [-0.05, 0) is 98.0 Å². The molecule has 3 atom stereocenters. The molecule has 6 heterocycles. The summed E-state index contributed by atoms with van der Waals surface area (Å²) in [5.41, 5.74) is 12.1. The van der Waals surface area contributed by atoms with Gasteiger partial charge < -0.3 is 49.6 Å². The number of anilines is 2. The van der Waals surface area contributed by atoms with Crippen LogP contribution in [0.1, 0.15) is 74.0 Å². The summed E-state index contributed by atoms with van der Waals surface area (Å²) in [7, 11) is 3.25. The molecule has 5 amide bonds. The summed E-state index contributed by atoms with van der Waals surface area (Å²) >= 11 is 12.7. The lowest BCUT2D eigenvalue weighted by Crippen LogP contribution is -2.56. The monoisotopic (exact) mass is 1170 g/mol. The molecule has 22 heteroatoms. The first-order valence-electron chi connectivity index (χ1n) is 27.8. The lowest BCUT2D eigenvalue weighted by molar-refractivity contribution is -0.136. The Morgan fingerprint density at radius 1 is 0.892 bits per heavy atom. The van der Waals surface area contributed by atoms with Gasteiger partial charge in [0.05, 0.1) is 81.8 Å². The predicted molar refractivity (Wildman–Crippen MR) is 317 cm³/mol. The number of hydrogen-bond acceptors (Lipinski definition) is 13. The molecule has 2 saturated heterocycles. The van der Waals surface area contributed by atoms with Gasteiger partial charge >= 0.3 is 6.03 Å². The molecule has 19 nitrogen and oxygen atoms in total. The van der Waals surface area contributed by atoms with E-state index < -0.39 is 23.9 Å². The van der Waals surface area contributed by atoms with Crippen LogP contribution in [0.4, 0.5) is 20.7 Å². The third kappa shape index (κ3) is 14.7. The molecule has 2 bridgehead atoms. The second-order valence-electron chi connectivity index (χ2n) is 20.9. The number of benzene rings is 3. The van der Waals surface area contributed by atoms with E-state index in [9.17, 15) is 18.8 Å². The van der Waals surface area contributed by atoms with Crippen molar-refractivity contribution in [2.24, 2.45) is 4.99 Å². The van der Waals surface area contributed by atoms with E-state index in [0.717, 1.165) is 35.1 Å². The normalized spacial score (nSPS) is 19.6. The Hall–Kier alpha value is -7.78. The molecule has 0 aliphatic carbocycles. The van der Waals surface area contributed by atoms with Crippen molar-refractivity contribution in [3.63, 3.8) is 0 Å². The van der Waals surface area contributed by atoms with Crippen molar-refractivity contribution >= 4 is 64.3 Å². The number of nitrogens with one attached hydrogen (secondary N) is 1. The number of nitrogen functional groups attached to an aromatic ring is 1. The number of allylic oxidation sites excluding steroid dienone is 2. The van der Waals surface area contributed by atoms with Gasteiger partial charge in [0, 0.05) is 92.2 Å². The number of amidine groups is 1. The number of urea groups is 1. The van der Waals surface area contributed by atoms with Gasteiger partial charge in [0.2, 0.25) is 17.7 Å². The smallest absolute Gasteiger partial charge is 0.326 e. The van der Waals surface area contributed by atoms with E-state index in [-0.39, 0.29) is 102 Å². The predicted octanol–water partition coefficient (Wildman–Crippen LogP) is 8.98. The van der Waals surface area contributed by atoms with Crippen LogP contribution in [-0.2, 0) is 36.9 Å². The molecule has 2 fully saturated rings. The number of nitrogens with zero attached hydrogens (tertiary/aromatic N) is 9. The van der Waals surface area contributed by atoms with Gasteiger partial charge in [-0.15, -0.1) is 0 Å². The standard InChI is InChI=1S/C61H70Cl2FN11O8/c1-39(2)83-53-34-47(80-5)19-20-48(53)60-68-57(41-11-15-44(62)16-12-41)58(42-13-17-45(63)18-14-42)75(60)61(79)72-26-25-71(56(78)38-72)27-29-82-31-30-81-28-21-54(76)66-22-24-73-36-49-43-33-52(59(65)67-35-43)74-23-7-9-51(74)40(3)32-46(64)8-6-10-55(77)70(4)37-50(49)69-73/h6,8,11-20,32-36,39,51,57-58H,3,7,9-10,21-31,37-38H2,1-2,4-5H3,(H2,65,67)(H,66,76)/b8-6-,46-32+/t51-,57+,58-/m1/s1. The molecule has 9 rings (SSSR count). The number of ether oxygens (including phenoxy) is 4. The molecule has 2 aromatic heterocycles. The molecule has 0 saturated carbocycles. The van der Waals surface area contributed by atoms with Crippen LogP contribution in [-0.4, -0.2) is 156 Å². The largest absolute Gasteiger partial charge is 0.497 e. The van der Waals surface area contributed by atoms with E-state index in [1.165, 1.54) is 23.1 Å².